The molecule has 0 aromatic rings. The van der Waals surface area contributed by atoms with Crippen LogP contribution >= 0.6 is 0 Å². The minimum absolute atomic E-state index is 0.0142. The first-order chi connectivity index (χ1) is 28.7. The highest BCUT2D eigenvalue weighted by Crippen LogP contribution is 2.49. The molecule has 3 rings (SSSR count). The van der Waals surface area contributed by atoms with Crippen molar-refractivity contribution < 1.29 is 77.2 Å². The summed E-state index contributed by atoms with van der Waals surface area (Å²) in [6.07, 6.45) is 7.36. The lowest BCUT2D eigenvalue weighted by Gasteiger charge is -2.53. The van der Waals surface area contributed by atoms with E-state index in [1.807, 2.05) is 13.0 Å². The molecule has 16 heteroatoms. The Morgan fingerprint density at radius 3 is 2.33 bits per heavy atom. The Labute approximate surface area is 358 Å². The highest BCUT2D eigenvalue weighted by Gasteiger charge is 2.58. The van der Waals surface area contributed by atoms with Crippen LogP contribution < -0.4 is 0 Å². The van der Waals surface area contributed by atoms with Gasteiger partial charge in [-0.15, -0.1) is 0 Å². The van der Waals surface area contributed by atoms with Crippen LogP contribution in [-0.2, 0) is 61.9 Å². The summed E-state index contributed by atoms with van der Waals surface area (Å²) in [6, 6.07) is 0. The van der Waals surface area contributed by atoms with E-state index in [1.165, 1.54) is 33.3 Å². The van der Waals surface area contributed by atoms with Crippen LogP contribution in [0, 0.1) is 10.8 Å². The van der Waals surface area contributed by atoms with Gasteiger partial charge in [-0.1, -0.05) is 77.0 Å². The van der Waals surface area contributed by atoms with Crippen molar-refractivity contribution in [3.8, 4) is 0 Å². The molecule has 0 saturated carbocycles. The average molecular weight is 863 g/mol. The fourth-order valence-corrected chi connectivity index (χ4v) is 7.30. The molecular formula is C45H66O16. The van der Waals surface area contributed by atoms with Crippen molar-refractivity contribution in [2.24, 2.45) is 10.8 Å². The SMILES string of the molecule is CCC/C=C/C=C/C(=O)OC/C(=C/C(=O)OC)C[C@H]1CCOC(=O)C[C@@H](O)C[C@@H]2C[C@H](OC(C)=O)C(C)(C)[C@](O)(C[C@@H]3C/C(=C\C(=O)OC)C[C@H](/C=C/C(C)(C)[C@H](O)O1)O3)O2. The quantitative estimate of drug-likeness (QED) is 0.0837. The molecule has 0 amide bonds. The van der Waals surface area contributed by atoms with Gasteiger partial charge < -0.3 is 53.2 Å². The lowest BCUT2D eigenvalue weighted by atomic mass is 9.70. The summed E-state index contributed by atoms with van der Waals surface area (Å²) in [5, 5.41) is 34.9. The van der Waals surface area contributed by atoms with E-state index in [2.05, 4.69) is 0 Å². The number of carbonyl (C=O) groups is 5. The first-order valence-corrected chi connectivity index (χ1v) is 20.8. The van der Waals surface area contributed by atoms with Crippen molar-refractivity contribution in [2.45, 2.75) is 154 Å². The standard InChI is InChI=1S/C45H66O16/c1-9-10-11-12-13-14-38(48)57-28-31(23-40(50)55-8)21-34-16-18-56-41(51)25-32(47)24-35-26-37(58-29(2)46)44(5,6)45(53,61-35)27-36-20-30(22-39(49)54-7)19-33(59-36)15-17-43(3,4)42(52)60-34/h11-15,17,22-23,32-37,42,47,52-53H,9-10,16,18-21,24-28H2,1-8H3/b12-11+,14-13+,17-15+,30-22-,31-23+/t32-,33-,34+,35+,36-,37-,42+,45-/m0/s1. The number of cyclic esters (lactones) is 1. The van der Waals surface area contributed by atoms with Gasteiger partial charge in [0.2, 0.25) is 0 Å². The maximum Gasteiger partial charge on any atom is 0.331 e. The Kier molecular flexibility index (Phi) is 20.0. The Morgan fingerprint density at radius 2 is 1.66 bits per heavy atom. The molecule has 0 aromatic carbocycles. The molecule has 342 valence electrons. The van der Waals surface area contributed by atoms with Crippen molar-refractivity contribution >= 4 is 29.8 Å². The first-order valence-electron chi connectivity index (χ1n) is 20.8. The van der Waals surface area contributed by atoms with Gasteiger partial charge in [-0.05, 0) is 31.3 Å². The van der Waals surface area contributed by atoms with Crippen molar-refractivity contribution in [1.82, 2.24) is 0 Å². The molecule has 3 aliphatic heterocycles. The Morgan fingerprint density at radius 1 is 0.934 bits per heavy atom. The van der Waals surface area contributed by atoms with E-state index in [0.717, 1.165) is 18.9 Å². The second-order valence-corrected chi connectivity index (χ2v) is 16.9. The average Bonchev–Trinajstić information content (AvgIpc) is 3.17. The lowest BCUT2D eigenvalue weighted by molar-refractivity contribution is -0.348. The maximum absolute atomic E-state index is 13.0. The third-order valence-electron chi connectivity index (χ3n) is 11.0. The Hall–Kier alpha value is -4.19. The van der Waals surface area contributed by atoms with Gasteiger partial charge in [-0.25, -0.2) is 14.4 Å². The molecule has 0 aliphatic carbocycles. The summed E-state index contributed by atoms with van der Waals surface area (Å²) >= 11 is 0. The Bertz CT molecular complexity index is 1660. The fraction of sp³-hybridized carbons (Fsp3) is 0.667. The van der Waals surface area contributed by atoms with Gasteiger partial charge in [0.15, 0.2) is 12.1 Å². The number of ether oxygens (including phenoxy) is 8. The lowest BCUT2D eigenvalue weighted by Crippen LogP contribution is -2.62. The van der Waals surface area contributed by atoms with Gasteiger partial charge in [-0.3, -0.25) is 9.59 Å². The topological polar surface area (TPSA) is 220 Å². The number of hydrogen-bond acceptors (Lipinski definition) is 16. The largest absolute Gasteiger partial charge is 0.466 e. The van der Waals surface area contributed by atoms with Crippen LogP contribution in [0.5, 0.6) is 0 Å². The van der Waals surface area contributed by atoms with Gasteiger partial charge in [0.1, 0.15) is 12.7 Å². The van der Waals surface area contributed by atoms with E-state index in [4.69, 9.17) is 37.9 Å². The van der Waals surface area contributed by atoms with E-state index in [0.29, 0.717) is 11.1 Å². The van der Waals surface area contributed by atoms with Crippen LogP contribution in [0.1, 0.15) is 106 Å². The molecule has 0 radical (unpaired) electrons. The van der Waals surface area contributed by atoms with Crippen molar-refractivity contribution in [3.05, 3.63) is 59.8 Å². The van der Waals surface area contributed by atoms with Gasteiger partial charge in [0.05, 0.1) is 63.2 Å². The minimum atomic E-state index is -1.97. The molecule has 61 heavy (non-hydrogen) atoms. The van der Waals surface area contributed by atoms with Crippen molar-refractivity contribution in [2.75, 3.05) is 27.4 Å². The number of esters is 5. The van der Waals surface area contributed by atoms with E-state index in [1.54, 1.807) is 52.0 Å². The molecule has 3 aliphatic rings. The Balaban J connectivity index is 1.99. The molecule has 0 spiro atoms. The smallest absolute Gasteiger partial charge is 0.331 e. The second kappa shape index (κ2) is 23.9. The second-order valence-electron chi connectivity index (χ2n) is 16.9. The van der Waals surface area contributed by atoms with Crippen LogP contribution in [0.3, 0.4) is 0 Å². The number of methoxy groups -OCH3 is 2. The molecule has 0 aromatic heterocycles. The maximum atomic E-state index is 13.0. The number of carbonyl (C=O) groups excluding carboxylic acids is 5. The minimum Gasteiger partial charge on any atom is -0.466 e. The number of hydrogen-bond donors (Lipinski definition) is 3. The van der Waals surface area contributed by atoms with Crippen LogP contribution in [0.4, 0.5) is 0 Å². The molecule has 8 atom stereocenters. The monoisotopic (exact) mass is 862 g/mol. The normalized spacial score (nSPS) is 31.5. The summed E-state index contributed by atoms with van der Waals surface area (Å²) in [5.74, 6) is -5.23. The number of rotatable bonds is 11. The summed E-state index contributed by atoms with van der Waals surface area (Å²) in [6.45, 7) is 9.61. The molecule has 3 N–H and O–H groups in total. The van der Waals surface area contributed by atoms with E-state index in [-0.39, 0.29) is 58.2 Å². The molecule has 16 nitrogen and oxygen atoms in total. The number of allylic oxidation sites excluding steroid dienone is 3. The van der Waals surface area contributed by atoms with E-state index in [9.17, 15) is 39.3 Å². The van der Waals surface area contributed by atoms with E-state index >= 15 is 0 Å². The third kappa shape index (κ3) is 16.6. The highest BCUT2D eigenvalue weighted by molar-refractivity contribution is 5.84. The first kappa shape index (κ1) is 51.2. The number of aliphatic hydroxyl groups is 3. The molecule has 0 unspecified atom stereocenters. The van der Waals surface area contributed by atoms with Gasteiger partial charge in [0.25, 0.3) is 0 Å². The van der Waals surface area contributed by atoms with Crippen LogP contribution in [0.2, 0.25) is 0 Å². The van der Waals surface area contributed by atoms with Gasteiger partial charge >= 0.3 is 29.8 Å². The highest BCUT2D eigenvalue weighted by atomic mass is 16.6. The summed E-state index contributed by atoms with van der Waals surface area (Å²) in [4.78, 5) is 62.6. The number of fused-ring (bicyclic) bond motifs is 4. The molecular weight excluding hydrogens is 796 g/mol. The zero-order valence-electron chi connectivity index (χ0n) is 36.8. The van der Waals surface area contributed by atoms with E-state index < -0.39 is 95.8 Å². The van der Waals surface area contributed by atoms with Crippen LogP contribution in [0.25, 0.3) is 0 Å². The predicted octanol–water partition coefficient (Wildman–Crippen LogP) is 4.78. The fourth-order valence-electron chi connectivity index (χ4n) is 7.30. The molecule has 3 heterocycles. The van der Waals surface area contributed by atoms with Gasteiger partial charge in [-0.2, -0.15) is 0 Å². The zero-order valence-corrected chi connectivity index (χ0v) is 36.8. The third-order valence-corrected chi connectivity index (χ3v) is 11.0. The predicted molar refractivity (Wildman–Crippen MR) is 220 cm³/mol. The molecule has 2 fully saturated rings. The molecule has 4 bridgehead atoms. The van der Waals surface area contributed by atoms with Crippen molar-refractivity contribution in [1.29, 1.82) is 0 Å². The number of aliphatic hydroxyl groups excluding tert-OH is 2. The van der Waals surface area contributed by atoms with Crippen molar-refractivity contribution in [3.63, 3.8) is 0 Å². The summed E-state index contributed by atoms with van der Waals surface area (Å²) < 4.78 is 45.3. The summed E-state index contributed by atoms with van der Waals surface area (Å²) in [5.41, 5.74) is -1.30. The van der Waals surface area contributed by atoms with Crippen LogP contribution in [0.15, 0.2) is 59.8 Å². The summed E-state index contributed by atoms with van der Waals surface area (Å²) in [7, 11) is 2.46. The molecule has 2 saturated heterocycles. The number of unbranched alkanes of at least 4 members (excludes halogenated alkanes) is 1. The zero-order chi connectivity index (χ0) is 45.4. The van der Waals surface area contributed by atoms with Gasteiger partial charge in [0, 0.05) is 56.3 Å². The van der Waals surface area contributed by atoms with Crippen LogP contribution in [-0.4, -0.2) is 121 Å².